The second-order valence-corrected chi connectivity index (χ2v) is 4.02. The monoisotopic (exact) mass is 233 g/mol. The first-order chi connectivity index (χ1) is 7.83. The minimum absolute atomic E-state index is 0.381. The number of ether oxygens (including phenoxy) is 1. The predicted octanol–water partition coefficient (Wildman–Crippen LogP) is 3.65. The number of methoxy groups -OCH3 is 1. The maximum atomic E-state index is 11.7. The highest BCUT2D eigenvalue weighted by Crippen LogP contribution is 2.29. The van der Waals surface area contributed by atoms with Crippen molar-refractivity contribution in [1.29, 1.82) is 0 Å². The zero-order valence-corrected chi connectivity index (χ0v) is 9.61. The number of hydrogen-bond donors (Lipinski definition) is 0. The second kappa shape index (κ2) is 4.81. The van der Waals surface area contributed by atoms with Crippen LogP contribution in [0.2, 0.25) is 0 Å². The minimum atomic E-state index is -0.381. The molecule has 1 aromatic carbocycles. The third-order valence-electron chi connectivity index (χ3n) is 2.10. The summed E-state index contributed by atoms with van der Waals surface area (Å²) in [5.41, 5.74) is 0.803. The van der Waals surface area contributed by atoms with E-state index in [1.165, 1.54) is 18.4 Å². The molecule has 0 atom stereocenters. The number of anilines is 2. The van der Waals surface area contributed by atoms with Crippen molar-refractivity contribution in [2.75, 3.05) is 12.0 Å². The van der Waals surface area contributed by atoms with E-state index in [1.807, 2.05) is 47.8 Å². The van der Waals surface area contributed by atoms with Gasteiger partial charge < -0.3 is 4.74 Å². The van der Waals surface area contributed by atoms with E-state index in [-0.39, 0.29) is 6.09 Å². The van der Waals surface area contributed by atoms with Gasteiger partial charge in [0.25, 0.3) is 0 Å². The molecule has 3 nitrogen and oxygen atoms in total. The van der Waals surface area contributed by atoms with E-state index in [4.69, 9.17) is 4.74 Å². The first-order valence-corrected chi connectivity index (χ1v) is 5.67. The first kappa shape index (κ1) is 10.7. The largest absolute Gasteiger partial charge is 0.452 e. The molecule has 82 valence electrons. The summed E-state index contributed by atoms with van der Waals surface area (Å²) in [4.78, 5) is 13.3. The number of rotatable bonds is 2. The van der Waals surface area contributed by atoms with Gasteiger partial charge in [0.2, 0.25) is 0 Å². The Morgan fingerprint density at radius 2 is 1.94 bits per heavy atom. The number of carbonyl (C=O) groups excluding carboxylic acids is 1. The number of para-hydroxylation sites is 1. The quantitative estimate of drug-likeness (QED) is 0.792. The molecule has 0 spiro atoms. The fourth-order valence-electron chi connectivity index (χ4n) is 1.39. The van der Waals surface area contributed by atoms with Crippen LogP contribution >= 0.6 is 11.3 Å². The van der Waals surface area contributed by atoms with Crippen molar-refractivity contribution in [1.82, 2.24) is 0 Å². The van der Waals surface area contributed by atoms with Gasteiger partial charge in [0.05, 0.1) is 12.8 Å². The first-order valence-electron chi connectivity index (χ1n) is 4.79. The van der Waals surface area contributed by atoms with Gasteiger partial charge in [-0.1, -0.05) is 18.2 Å². The molecule has 0 saturated carbocycles. The summed E-state index contributed by atoms with van der Waals surface area (Å²) in [5.74, 6) is 0. The molecule has 2 rings (SSSR count). The second-order valence-electron chi connectivity index (χ2n) is 3.09. The van der Waals surface area contributed by atoms with Crippen LogP contribution in [0.5, 0.6) is 0 Å². The van der Waals surface area contributed by atoms with Gasteiger partial charge in [-0.2, -0.15) is 0 Å². The number of benzene rings is 1. The minimum Gasteiger partial charge on any atom is -0.452 e. The van der Waals surface area contributed by atoms with E-state index >= 15 is 0 Å². The Balaban J connectivity index is 2.40. The molecule has 0 aliphatic carbocycles. The van der Waals surface area contributed by atoms with E-state index in [0.29, 0.717) is 0 Å². The molecule has 1 amide bonds. The molecule has 2 aromatic rings. The van der Waals surface area contributed by atoms with Crippen LogP contribution in [0, 0.1) is 0 Å². The maximum absolute atomic E-state index is 11.7. The van der Waals surface area contributed by atoms with Gasteiger partial charge in [0, 0.05) is 0 Å². The number of thiophene rings is 1. The normalized spacial score (nSPS) is 9.81. The highest BCUT2D eigenvalue weighted by atomic mass is 32.1. The van der Waals surface area contributed by atoms with Crippen molar-refractivity contribution in [3.05, 3.63) is 47.8 Å². The Morgan fingerprint density at radius 3 is 2.50 bits per heavy atom. The van der Waals surface area contributed by atoms with Crippen LogP contribution in [0.25, 0.3) is 0 Å². The third-order valence-corrected chi connectivity index (χ3v) is 2.95. The van der Waals surface area contributed by atoms with E-state index in [1.54, 1.807) is 4.90 Å². The number of carbonyl (C=O) groups is 1. The lowest BCUT2D eigenvalue weighted by atomic mass is 10.3. The van der Waals surface area contributed by atoms with E-state index in [2.05, 4.69) is 0 Å². The van der Waals surface area contributed by atoms with Crippen LogP contribution in [0.4, 0.5) is 15.5 Å². The molecule has 0 N–H and O–H groups in total. The van der Waals surface area contributed by atoms with Gasteiger partial charge in [-0.05, 0) is 29.6 Å². The molecule has 0 aliphatic heterocycles. The van der Waals surface area contributed by atoms with Gasteiger partial charge in [-0.25, -0.2) is 9.69 Å². The fraction of sp³-hybridized carbons (Fsp3) is 0.0833. The van der Waals surface area contributed by atoms with E-state index in [9.17, 15) is 4.79 Å². The van der Waals surface area contributed by atoms with Crippen LogP contribution < -0.4 is 4.90 Å². The predicted molar refractivity (Wildman–Crippen MR) is 65.3 cm³/mol. The van der Waals surface area contributed by atoms with Crippen molar-refractivity contribution < 1.29 is 9.53 Å². The highest BCUT2D eigenvalue weighted by Gasteiger charge is 2.18. The van der Waals surface area contributed by atoms with Crippen molar-refractivity contribution in [2.24, 2.45) is 0 Å². The molecule has 1 aromatic heterocycles. The lowest BCUT2D eigenvalue weighted by Crippen LogP contribution is -2.24. The number of nitrogens with zero attached hydrogens (tertiary/aromatic N) is 1. The average molecular weight is 233 g/mol. The van der Waals surface area contributed by atoms with Crippen LogP contribution in [-0.2, 0) is 4.74 Å². The zero-order chi connectivity index (χ0) is 11.4. The van der Waals surface area contributed by atoms with Crippen molar-refractivity contribution in [3.8, 4) is 0 Å². The molecule has 0 radical (unpaired) electrons. The highest BCUT2D eigenvalue weighted by molar-refractivity contribution is 7.14. The van der Waals surface area contributed by atoms with Gasteiger partial charge >= 0.3 is 6.09 Å². The lowest BCUT2D eigenvalue weighted by molar-refractivity contribution is 0.182. The van der Waals surface area contributed by atoms with Crippen molar-refractivity contribution in [2.45, 2.75) is 0 Å². The summed E-state index contributed by atoms with van der Waals surface area (Å²) >= 11 is 1.49. The average Bonchev–Trinajstić information content (AvgIpc) is 2.84. The molecule has 0 bridgehead atoms. The summed E-state index contributed by atoms with van der Waals surface area (Å²) in [6.07, 6.45) is -0.381. The smallest absolute Gasteiger partial charge is 0.419 e. The Hall–Kier alpha value is -1.81. The standard InChI is InChI=1S/C12H11NO2S/c1-15-12(14)13(11-8-5-9-16-11)10-6-3-2-4-7-10/h2-9H,1H3. The van der Waals surface area contributed by atoms with Crippen molar-refractivity contribution >= 4 is 28.1 Å². The fourth-order valence-corrected chi connectivity index (χ4v) is 2.13. The number of amides is 1. The summed E-state index contributed by atoms with van der Waals surface area (Å²) in [7, 11) is 1.38. The Morgan fingerprint density at radius 1 is 1.19 bits per heavy atom. The van der Waals surface area contributed by atoms with Gasteiger partial charge in [-0.15, -0.1) is 11.3 Å². The van der Waals surface area contributed by atoms with E-state index in [0.717, 1.165) is 10.7 Å². The SMILES string of the molecule is COC(=O)N(c1ccccc1)c1cccs1. The Bertz CT molecular complexity index is 453. The van der Waals surface area contributed by atoms with Crippen molar-refractivity contribution in [3.63, 3.8) is 0 Å². The summed E-state index contributed by atoms with van der Waals surface area (Å²) < 4.78 is 4.78. The molecule has 1 heterocycles. The molecule has 4 heteroatoms. The summed E-state index contributed by atoms with van der Waals surface area (Å²) in [6.45, 7) is 0. The van der Waals surface area contributed by atoms with Crippen LogP contribution in [0.1, 0.15) is 0 Å². The van der Waals surface area contributed by atoms with E-state index < -0.39 is 0 Å². The van der Waals surface area contributed by atoms with Crippen LogP contribution in [0.3, 0.4) is 0 Å². The number of hydrogen-bond acceptors (Lipinski definition) is 3. The van der Waals surface area contributed by atoms with Gasteiger partial charge in [0.1, 0.15) is 5.00 Å². The summed E-state index contributed by atoms with van der Waals surface area (Å²) in [6, 6.07) is 13.2. The maximum Gasteiger partial charge on any atom is 0.419 e. The van der Waals surface area contributed by atoms with Crippen LogP contribution in [-0.4, -0.2) is 13.2 Å². The molecular weight excluding hydrogens is 222 g/mol. The molecule has 0 saturated heterocycles. The summed E-state index contributed by atoms with van der Waals surface area (Å²) in [5, 5.41) is 2.77. The molecule has 0 aliphatic rings. The van der Waals surface area contributed by atoms with Crippen LogP contribution in [0.15, 0.2) is 47.8 Å². The Kier molecular flexibility index (Phi) is 3.22. The molecule has 0 unspecified atom stereocenters. The van der Waals surface area contributed by atoms with Gasteiger partial charge in [-0.3, -0.25) is 0 Å². The topological polar surface area (TPSA) is 29.5 Å². The molecule has 0 fully saturated rings. The lowest BCUT2D eigenvalue weighted by Gasteiger charge is -2.19. The van der Waals surface area contributed by atoms with Gasteiger partial charge in [0.15, 0.2) is 0 Å². The Labute approximate surface area is 97.9 Å². The molecule has 16 heavy (non-hydrogen) atoms. The molecular formula is C12H11NO2S. The zero-order valence-electron chi connectivity index (χ0n) is 8.79. The third kappa shape index (κ3) is 2.06.